The fraction of sp³-hybridized carbons (Fsp3) is 0.455. The van der Waals surface area contributed by atoms with Gasteiger partial charge in [0.15, 0.2) is 30.0 Å². The summed E-state index contributed by atoms with van der Waals surface area (Å²) >= 11 is 0. The van der Waals surface area contributed by atoms with Crippen molar-refractivity contribution in [3.8, 4) is 0 Å². The highest BCUT2D eigenvalue weighted by molar-refractivity contribution is 7.59. The number of aromatic nitrogens is 4. The van der Waals surface area contributed by atoms with Crippen molar-refractivity contribution in [3.05, 3.63) is 6.33 Å². The molecular weight excluding hydrogens is 427 g/mol. The van der Waals surface area contributed by atoms with Gasteiger partial charge in [-0.25, -0.2) is 19.3 Å². The third kappa shape index (κ3) is 3.89. The number of carbonyl (C=O) groups is 1. The maximum atomic E-state index is 14.4. The average Bonchev–Trinajstić information content (AvgIpc) is 3.08. The summed E-state index contributed by atoms with van der Waals surface area (Å²) in [5, 5.41) is 10.1. The van der Waals surface area contributed by atoms with E-state index in [1.807, 2.05) is 0 Å². The Morgan fingerprint density at radius 3 is 2.57 bits per heavy atom. The number of ketones is 1. The summed E-state index contributed by atoms with van der Waals surface area (Å²) in [5.41, 5.74) is 4.23. The molecule has 0 spiro atoms. The third-order valence-corrected chi connectivity index (χ3v) is 5.31. The van der Waals surface area contributed by atoms with Crippen LogP contribution in [-0.2, 0) is 14.1 Å². The second-order valence-electron chi connectivity index (χ2n) is 5.98. The number of nitrogens with zero attached hydrogens (tertiary/aromatic N) is 4. The van der Waals surface area contributed by atoms with Gasteiger partial charge in [0.25, 0.3) is 0 Å². The van der Waals surface area contributed by atoms with E-state index in [4.69, 9.17) is 25.2 Å². The van der Waals surface area contributed by atoms with Crippen molar-refractivity contribution in [2.75, 3.05) is 11.9 Å². The van der Waals surface area contributed by atoms with Gasteiger partial charge in [0.05, 0.1) is 6.33 Å². The number of Topliss-reactive ketones (excluding diaryl/α,β-unsaturated/α-hetero) is 1. The Bertz CT molecular complexity index is 975. The monoisotopic (exact) mass is 442 g/mol. The van der Waals surface area contributed by atoms with Gasteiger partial charge in [0, 0.05) is 0 Å². The number of nitrogen functional groups attached to an aromatic ring is 1. The first-order chi connectivity index (χ1) is 12.8. The number of halogens is 1. The van der Waals surface area contributed by atoms with Crippen molar-refractivity contribution in [2.24, 2.45) is 0 Å². The van der Waals surface area contributed by atoms with Crippen molar-refractivity contribution in [1.29, 1.82) is 0 Å². The zero-order chi connectivity index (χ0) is 21.0. The van der Waals surface area contributed by atoms with E-state index in [0.717, 1.165) is 10.9 Å². The Morgan fingerprint density at radius 2 is 2.00 bits per heavy atom. The summed E-state index contributed by atoms with van der Waals surface area (Å²) in [6.07, 6.45) is -8.01. The summed E-state index contributed by atoms with van der Waals surface area (Å²) < 4.78 is 31.8. The minimum atomic E-state index is -4.91. The summed E-state index contributed by atoms with van der Waals surface area (Å²) in [6.45, 7) is 0. The zero-order valence-corrected chi connectivity index (χ0v) is 15.4. The van der Waals surface area contributed by atoms with Crippen LogP contribution in [0.3, 0.4) is 0 Å². The Kier molecular flexibility index (Phi) is 5.25. The fourth-order valence-corrected chi connectivity index (χ4v) is 3.73. The SMILES string of the molecule is Nc1nc(P(=O)(O)O)nc2c1ncn2[C@@H]1O[C@H](C(=O)C[P+](O)(O)O)[C@@H](F)[C@H]1O. The standard InChI is InChI=1S/C11H14FN5O9P2/c12-4-6(19)10(26-7(4)3(18)1-27(20,21)22)17-2-14-5-8(13)15-11(16-9(5)17)28(23,24)25/h2,4,6-7,10,19-22H,1H2,(H3-,13,15,16,23,24,25)/p+1/t4-,6+,7+,10+/m0/s1. The molecule has 2 aromatic heterocycles. The lowest BCUT2D eigenvalue weighted by atomic mass is 10.1. The minimum absolute atomic E-state index is 0.121. The van der Waals surface area contributed by atoms with Gasteiger partial charge in [0.2, 0.25) is 17.5 Å². The van der Waals surface area contributed by atoms with E-state index in [0.29, 0.717) is 0 Å². The molecule has 17 heteroatoms. The molecule has 0 bridgehead atoms. The summed E-state index contributed by atoms with van der Waals surface area (Å²) in [4.78, 5) is 68.2. The number of ether oxygens (including phenoxy) is 1. The van der Waals surface area contributed by atoms with Gasteiger partial charge in [0.1, 0.15) is 11.6 Å². The number of nitrogens with two attached hydrogens (primary N) is 1. The molecule has 1 fully saturated rings. The maximum absolute atomic E-state index is 14.4. The highest BCUT2D eigenvalue weighted by Gasteiger charge is 2.51. The van der Waals surface area contributed by atoms with Crippen LogP contribution in [0.2, 0.25) is 0 Å². The highest BCUT2D eigenvalue weighted by Crippen LogP contribution is 2.45. The van der Waals surface area contributed by atoms with E-state index in [9.17, 15) is 28.6 Å². The van der Waals surface area contributed by atoms with E-state index in [1.54, 1.807) is 0 Å². The normalized spacial score (nSPS) is 26.1. The molecule has 8 N–H and O–H groups in total. The van der Waals surface area contributed by atoms with Crippen LogP contribution in [0.4, 0.5) is 10.2 Å². The molecule has 0 saturated carbocycles. The van der Waals surface area contributed by atoms with Crippen LogP contribution in [-0.4, -0.2) is 79.4 Å². The molecule has 4 atom stereocenters. The molecule has 0 amide bonds. The number of rotatable bonds is 5. The molecule has 3 heterocycles. The molecule has 2 aromatic rings. The summed E-state index contributed by atoms with van der Waals surface area (Å²) in [6, 6.07) is 0. The number of aliphatic hydroxyl groups excluding tert-OH is 1. The first-order valence-corrected chi connectivity index (χ1v) is 10.9. The quantitative estimate of drug-likeness (QED) is 0.231. The summed E-state index contributed by atoms with van der Waals surface area (Å²) in [7, 11) is -9.45. The van der Waals surface area contributed by atoms with Crippen LogP contribution in [0.15, 0.2) is 6.33 Å². The molecule has 154 valence electrons. The number of anilines is 1. The maximum Gasteiger partial charge on any atom is 0.411 e. The van der Waals surface area contributed by atoms with Gasteiger partial charge in [-0.3, -0.25) is 13.9 Å². The number of hydrogen-bond acceptors (Lipinski definition) is 11. The first-order valence-electron chi connectivity index (χ1n) is 7.42. The molecule has 1 aliphatic heterocycles. The topological polar surface area (TPSA) is 234 Å². The molecule has 3 rings (SSSR count). The van der Waals surface area contributed by atoms with Gasteiger partial charge < -0.3 is 25.4 Å². The predicted octanol–water partition coefficient (Wildman–Crippen LogP) is -2.88. The molecule has 1 aliphatic rings. The number of aliphatic hydroxyl groups is 1. The Labute approximate surface area is 155 Å². The third-order valence-electron chi connectivity index (χ3n) is 3.85. The Balaban J connectivity index is 1.99. The average molecular weight is 442 g/mol. The smallest absolute Gasteiger partial charge is 0.385 e. The first kappa shape index (κ1) is 21.0. The highest BCUT2D eigenvalue weighted by atomic mass is 31.2. The lowest BCUT2D eigenvalue weighted by molar-refractivity contribution is -0.131. The molecule has 1 saturated heterocycles. The van der Waals surface area contributed by atoms with E-state index in [-0.39, 0.29) is 11.2 Å². The number of fused-ring (bicyclic) bond motifs is 1. The van der Waals surface area contributed by atoms with Crippen LogP contribution in [0.25, 0.3) is 11.2 Å². The van der Waals surface area contributed by atoms with Crippen LogP contribution >= 0.6 is 15.5 Å². The summed E-state index contributed by atoms with van der Waals surface area (Å²) in [5.74, 6) is -1.60. The molecule has 0 aliphatic carbocycles. The van der Waals surface area contributed by atoms with Gasteiger partial charge in [-0.15, -0.1) is 0 Å². The Morgan fingerprint density at radius 1 is 1.36 bits per heavy atom. The molecular formula is C11H15FN5O9P2+. The van der Waals surface area contributed by atoms with Crippen LogP contribution in [0.5, 0.6) is 0 Å². The van der Waals surface area contributed by atoms with E-state index < -0.39 is 63.5 Å². The molecule has 28 heavy (non-hydrogen) atoms. The van der Waals surface area contributed by atoms with Crippen molar-refractivity contribution >= 4 is 43.9 Å². The van der Waals surface area contributed by atoms with Crippen molar-refractivity contribution in [1.82, 2.24) is 19.5 Å². The Hall–Kier alpha value is -1.67. The number of carbonyl (C=O) groups excluding carboxylic acids is 1. The molecule has 14 nitrogen and oxygen atoms in total. The number of hydrogen-bond donors (Lipinski definition) is 7. The largest absolute Gasteiger partial charge is 0.411 e. The second-order valence-corrected chi connectivity index (χ2v) is 9.17. The molecule has 0 radical (unpaired) electrons. The zero-order valence-electron chi connectivity index (χ0n) is 13.6. The van der Waals surface area contributed by atoms with E-state index >= 15 is 0 Å². The lowest BCUT2D eigenvalue weighted by Crippen LogP contribution is -2.34. The van der Waals surface area contributed by atoms with Crippen LogP contribution in [0.1, 0.15) is 6.23 Å². The lowest BCUT2D eigenvalue weighted by Gasteiger charge is -2.16. The van der Waals surface area contributed by atoms with Gasteiger partial charge in [-0.05, 0) is 0 Å². The predicted molar refractivity (Wildman–Crippen MR) is 89.7 cm³/mol. The van der Waals surface area contributed by atoms with Crippen LogP contribution < -0.4 is 11.3 Å². The van der Waals surface area contributed by atoms with E-state index in [2.05, 4.69) is 15.0 Å². The van der Waals surface area contributed by atoms with E-state index in [1.165, 1.54) is 0 Å². The van der Waals surface area contributed by atoms with Gasteiger partial charge >= 0.3 is 15.5 Å². The molecule has 0 unspecified atom stereocenters. The number of imidazole rings is 1. The fourth-order valence-electron chi connectivity index (χ4n) is 2.67. The van der Waals surface area contributed by atoms with Crippen LogP contribution in [0, 0.1) is 0 Å². The van der Waals surface area contributed by atoms with Crippen molar-refractivity contribution in [2.45, 2.75) is 24.6 Å². The minimum Gasteiger partial charge on any atom is -0.385 e. The number of alkyl halides is 1. The second kappa shape index (κ2) is 6.99. The molecule has 0 aromatic carbocycles. The van der Waals surface area contributed by atoms with Crippen molar-refractivity contribution in [3.63, 3.8) is 0 Å². The van der Waals surface area contributed by atoms with Gasteiger partial charge in [-0.1, -0.05) is 0 Å². The van der Waals surface area contributed by atoms with Gasteiger partial charge in [-0.2, -0.15) is 14.7 Å². The van der Waals surface area contributed by atoms with Crippen molar-refractivity contribution < 1.29 is 48.1 Å².